The number of rotatable bonds is 4. The lowest BCUT2D eigenvalue weighted by atomic mass is 10.2. The van der Waals surface area contributed by atoms with Gasteiger partial charge in [0.15, 0.2) is 0 Å². The van der Waals surface area contributed by atoms with E-state index in [1.807, 2.05) is 12.3 Å². The van der Waals surface area contributed by atoms with Crippen molar-refractivity contribution >= 4 is 0 Å². The van der Waals surface area contributed by atoms with Gasteiger partial charge in [0.2, 0.25) is 0 Å². The van der Waals surface area contributed by atoms with E-state index in [1.54, 1.807) is 0 Å². The molecule has 78 valence electrons. The van der Waals surface area contributed by atoms with E-state index in [4.69, 9.17) is 5.73 Å². The van der Waals surface area contributed by atoms with Gasteiger partial charge in [0.1, 0.15) is 0 Å². The van der Waals surface area contributed by atoms with Gasteiger partial charge in [-0.25, -0.2) is 0 Å². The molecule has 1 aromatic rings. The number of nitrogens with two attached hydrogens (primary N) is 1. The Balaban J connectivity index is 2.66. The van der Waals surface area contributed by atoms with Crippen LogP contribution >= 0.6 is 0 Å². The number of hydrogen-bond donors (Lipinski definition) is 1. The maximum absolute atomic E-state index is 5.53. The van der Waals surface area contributed by atoms with E-state index in [0.29, 0.717) is 12.6 Å². The average molecular weight is 193 g/mol. The fraction of sp³-hybridized carbons (Fsp3) is 0.545. The first-order valence-corrected chi connectivity index (χ1v) is 4.97. The van der Waals surface area contributed by atoms with E-state index in [9.17, 15) is 0 Å². The molecule has 0 aromatic carbocycles. The summed E-state index contributed by atoms with van der Waals surface area (Å²) in [5.74, 6) is 0. The minimum absolute atomic E-state index is 0.513. The molecule has 1 heterocycles. The third-order valence-electron chi connectivity index (χ3n) is 2.40. The molecule has 3 heteroatoms. The zero-order chi connectivity index (χ0) is 10.6. The van der Waals surface area contributed by atoms with Crippen molar-refractivity contribution in [1.29, 1.82) is 0 Å². The van der Waals surface area contributed by atoms with Gasteiger partial charge < -0.3 is 5.73 Å². The van der Waals surface area contributed by atoms with Crippen LogP contribution in [0.5, 0.6) is 0 Å². The van der Waals surface area contributed by atoms with E-state index in [1.165, 1.54) is 5.56 Å². The summed E-state index contributed by atoms with van der Waals surface area (Å²) in [6.45, 7) is 5.84. The van der Waals surface area contributed by atoms with Crippen LogP contribution in [0.4, 0.5) is 0 Å². The zero-order valence-electron chi connectivity index (χ0n) is 9.20. The van der Waals surface area contributed by atoms with Crippen LogP contribution in [0.15, 0.2) is 18.3 Å². The number of pyridine rings is 1. The molecule has 3 nitrogen and oxygen atoms in total. The van der Waals surface area contributed by atoms with E-state index < -0.39 is 0 Å². The predicted molar refractivity (Wildman–Crippen MR) is 58.7 cm³/mol. The minimum Gasteiger partial charge on any atom is -0.325 e. The fourth-order valence-electron chi connectivity index (χ4n) is 1.21. The summed E-state index contributed by atoms with van der Waals surface area (Å²) in [6, 6.07) is 4.67. The highest BCUT2D eigenvalue weighted by molar-refractivity contribution is 5.16. The van der Waals surface area contributed by atoms with Crippen molar-refractivity contribution in [3.8, 4) is 0 Å². The Kier molecular flexibility index (Phi) is 4.04. The SMILES string of the molecule is CC(C)N(C)Cc1ccnc(CN)c1. The van der Waals surface area contributed by atoms with Crippen LogP contribution < -0.4 is 5.73 Å². The van der Waals surface area contributed by atoms with Crippen LogP contribution in [-0.2, 0) is 13.1 Å². The first-order chi connectivity index (χ1) is 6.63. The monoisotopic (exact) mass is 193 g/mol. The molecule has 0 amide bonds. The average Bonchev–Trinajstić information content (AvgIpc) is 2.18. The Hall–Kier alpha value is -0.930. The molecule has 0 spiro atoms. The summed E-state index contributed by atoms with van der Waals surface area (Å²) in [4.78, 5) is 6.45. The molecule has 14 heavy (non-hydrogen) atoms. The van der Waals surface area contributed by atoms with Gasteiger partial charge in [-0.2, -0.15) is 0 Å². The van der Waals surface area contributed by atoms with E-state index in [0.717, 1.165) is 12.2 Å². The molecule has 1 rings (SSSR count). The summed E-state index contributed by atoms with van der Waals surface area (Å²) >= 11 is 0. The minimum atomic E-state index is 0.513. The van der Waals surface area contributed by atoms with Crippen LogP contribution in [0.1, 0.15) is 25.1 Å². The van der Waals surface area contributed by atoms with Crippen LogP contribution in [0, 0.1) is 0 Å². The normalized spacial score (nSPS) is 11.3. The van der Waals surface area contributed by atoms with Gasteiger partial charge in [-0.1, -0.05) is 0 Å². The Labute approximate surface area is 85.9 Å². The van der Waals surface area contributed by atoms with Crippen LogP contribution in [0.3, 0.4) is 0 Å². The van der Waals surface area contributed by atoms with Crippen molar-refractivity contribution in [2.24, 2.45) is 5.73 Å². The summed E-state index contributed by atoms with van der Waals surface area (Å²) in [7, 11) is 2.12. The molecule has 0 aliphatic rings. The van der Waals surface area contributed by atoms with Crippen LogP contribution in [0.25, 0.3) is 0 Å². The lowest BCUT2D eigenvalue weighted by Crippen LogP contribution is -2.25. The van der Waals surface area contributed by atoms with Gasteiger partial charge in [0.25, 0.3) is 0 Å². The van der Waals surface area contributed by atoms with Gasteiger partial charge in [-0.05, 0) is 38.6 Å². The van der Waals surface area contributed by atoms with Gasteiger partial charge in [-0.15, -0.1) is 0 Å². The second-order valence-electron chi connectivity index (χ2n) is 3.87. The predicted octanol–water partition coefficient (Wildman–Crippen LogP) is 1.38. The maximum Gasteiger partial charge on any atom is 0.0542 e. The van der Waals surface area contributed by atoms with Crippen molar-refractivity contribution in [3.63, 3.8) is 0 Å². The molecule has 1 aromatic heterocycles. The Morgan fingerprint density at radius 1 is 1.50 bits per heavy atom. The highest BCUT2D eigenvalue weighted by Gasteiger charge is 2.04. The van der Waals surface area contributed by atoms with E-state index in [2.05, 4.69) is 36.8 Å². The topological polar surface area (TPSA) is 42.2 Å². The molecule has 0 saturated carbocycles. The summed E-state index contributed by atoms with van der Waals surface area (Å²) in [6.07, 6.45) is 1.83. The molecule has 2 N–H and O–H groups in total. The van der Waals surface area contributed by atoms with Crippen molar-refractivity contribution in [3.05, 3.63) is 29.6 Å². The van der Waals surface area contributed by atoms with E-state index >= 15 is 0 Å². The largest absolute Gasteiger partial charge is 0.325 e. The van der Waals surface area contributed by atoms with Gasteiger partial charge in [0.05, 0.1) is 5.69 Å². The summed E-state index contributed by atoms with van der Waals surface area (Å²) < 4.78 is 0. The Morgan fingerprint density at radius 3 is 2.79 bits per heavy atom. The number of nitrogens with zero attached hydrogens (tertiary/aromatic N) is 2. The number of hydrogen-bond acceptors (Lipinski definition) is 3. The zero-order valence-corrected chi connectivity index (χ0v) is 9.20. The van der Waals surface area contributed by atoms with Crippen molar-refractivity contribution in [2.75, 3.05) is 7.05 Å². The molecule has 0 unspecified atom stereocenters. The molecular weight excluding hydrogens is 174 g/mol. The third kappa shape index (κ3) is 3.09. The molecule has 0 aliphatic heterocycles. The fourth-order valence-corrected chi connectivity index (χ4v) is 1.21. The van der Waals surface area contributed by atoms with Crippen LogP contribution in [0.2, 0.25) is 0 Å². The first kappa shape index (κ1) is 11.1. The summed E-state index contributed by atoms with van der Waals surface area (Å²) in [5.41, 5.74) is 7.77. The molecule has 0 aliphatic carbocycles. The number of aromatic nitrogens is 1. The molecule has 0 saturated heterocycles. The first-order valence-electron chi connectivity index (χ1n) is 4.97. The van der Waals surface area contributed by atoms with Gasteiger partial charge in [-0.3, -0.25) is 9.88 Å². The molecule has 0 bridgehead atoms. The highest BCUT2D eigenvalue weighted by atomic mass is 15.1. The van der Waals surface area contributed by atoms with Crippen molar-refractivity contribution in [1.82, 2.24) is 9.88 Å². The van der Waals surface area contributed by atoms with Crippen LogP contribution in [-0.4, -0.2) is 23.0 Å². The smallest absolute Gasteiger partial charge is 0.0542 e. The molecular formula is C11H19N3. The standard InChI is InChI=1S/C11H19N3/c1-9(2)14(3)8-10-4-5-13-11(6-10)7-12/h4-6,9H,7-8,12H2,1-3H3. The van der Waals surface area contributed by atoms with Crippen molar-refractivity contribution in [2.45, 2.75) is 33.0 Å². The Morgan fingerprint density at radius 2 is 2.21 bits per heavy atom. The molecule has 0 atom stereocenters. The van der Waals surface area contributed by atoms with Gasteiger partial charge >= 0.3 is 0 Å². The third-order valence-corrected chi connectivity index (χ3v) is 2.40. The maximum atomic E-state index is 5.53. The van der Waals surface area contributed by atoms with E-state index in [-0.39, 0.29) is 0 Å². The van der Waals surface area contributed by atoms with Crippen molar-refractivity contribution < 1.29 is 0 Å². The second-order valence-corrected chi connectivity index (χ2v) is 3.87. The summed E-state index contributed by atoms with van der Waals surface area (Å²) in [5, 5.41) is 0. The molecule has 0 fully saturated rings. The quantitative estimate of drug-likeness (QED) is 0.785. The molecule has 0 radical (unpaired) electrons. The second kappa shape index (κ2) is 5.08. The highest BCUT2D eigenvalue weighted by Crippen LogP contribution is 2.06. The lowest BCUT2D eigenvalue weighted by Gasteiger charge is -2.20. The lowest BCUT2D eigenvalue weighted by molar-refractivity contribution is 0.265. The van der Waals surface area contributed by atoms with Gasteiger partial charge in [0, 0.05) is 25.3 Å². The Bertz CT molecular complexity index is 284.